The van der Waals surface area contributed by atoms with Gasteiger partial charge in [0.2, 0.25) is 5.91 Å². The Labute approximate surface area is 117 Å². The lowest BCUT2D eigenvalue weighted by atomic mass is 9.99. The largest absolute Gasteiger partial charge is 0.353 e. The highest BCUT2D eigenvalue weighted by Crippen LogP contribution is 2.15. The van der Waals surface area contributed by atoms with Gasteiger partial charge < -0.3 is 15.5 Å². The van der Waals surface area contributed by atoms with Gasteiger partial charge >= 0.3 is 0 Å². The molecule has 0 aliphatic carbocycles. The van der Waals surface area contributed by atoms with E-state index in [2.05, 4.69) is 22.5 Å². The number of hydrogen-bond donors (Lipinski definition) is 2. The summed E-state index contributed by atoms with van der Waals surface area (Å²) in [6.45, 7) is 7.51. The number of likely N-dealkylation sites (tertiary alicyclic amines) is 1. The third-order valence-electron chi connectivity index (χ3n) is 4.48. The van der Waals surface area contributed by atoms with Gasteiger partial charge in [0.15, 0.2) is 0 Å². The first kappa shape index (κ1) is 14.8. The van der Waals surface area contributed by atoms with E-state index in [0.29, 0.717) is 0 Å². The fraction of sp³-hybridized carbons (Fsp3) is 0.933. The summed E-state index contributed by atoms with van der Waals surface area (Å²) in [5, 5.41) is 6.45. The van der Waals surface area contributed by atoms with E-state index in [1.54, 1.807) is 0 Å². The van der Waals surface area contributed by atoms with Crippen LogP contribution in [0.2, 0.25) is 0 Å². The molecule has 0 bridgehead atoms. The number of carbonyl (C=O) groups excluding carboxylic acids is 1. The molecule has 0 aromatic heterocycles. The molecule has 2 aliphatic heterocycles. The van der Waals surface area contributed by atoms with Crippen LogP contribution in [0.4, 0.5) is 0 Å². The molecule has 2 rings (SSSR count). The van der Waals surface area contributed by atoms with Crippen molar-refractivity contribution in [1.82, 2.24) is 15.5 Å². The number of hydrogen-bond acceptors (Lipinski definition) is 3. The Morgan fingerprint density at radius 3 is 2.79 bits per heavy atom. The standard InChI is InChI=1S/C15H29N3O/c1-13-6-10-18(11-7-13)12-9-17-15(19)14-5-3-2-4-8-16-14/h13-14,16H,2-12H2,1H3,(H,17,19). The number of nitrogens with one attached hydrogen (secondary N) is 2. The van der Waals surface area contributed by atoms with Crippen LogP contribution in [-0.4, -0.2) is 49.6 Å². The number of rotatable bonds is 4. The first-order valence-electron chi connectivity index (χ1n) is 7.99. The highest BCUT2D eigenvalue weighted by Gasteiger charge is 2.19. The zero-order chi connectivity index (χ0) is 13.5. The third kappa shape index (κ3) is 5.11. The van der Waals surface area contributed by atoms with Crippen LogP contribution in [-0.2, 0) is 4.79 Å². The molecule has 1 amide bonds. The van der Waals surface area contributed by atoms with Crippen LogP contribution in [0.15, 0.2) is 0 Å². The first-order valence-corrected chi connectivity index (χ1v) is 7.99. The van der Waals surface area contributed by atoms with Crippen LogP contribution < -0.4 is 10.6 Å². The molecule has 2 N–H and O–H groups in total. The summed E-state index contributed by atoms with van der Waals surface area (Å²) in [7, 11) is 0. The van der Waals surface area contributed by atoms with Crippen molar-refractivity contribution in [3.63, 3.8) is 0 Å². The van der Waals surface area contributed by atoms with Crippen LogP contribution in [0.1, 0.15) is 45.4 Å². The Kier molecular flexibility index (Phi) is 6.11. The maximum absolute atomic E-state index is 12.1. The molecule has 2 heterocycles. The van der Waals surface area contributed by atoms with E-state index in [0.717, 1.165) is 32.0 Å². The molecule has 19 heavy (non-hydrogen) atoms. The van der Waals surface area contributed by atoms with Gasteiger partial charge in [-0.05, 0) is 51.2 Å². The second-order valence-corrected chi connectivity index (χ2v) is 6.17. The molecule has 110 valence electrons. The molecular weight excluding hydrogens is 238 g/mol. The molecule has 2 aliphatic rings. The maximum atomic E-state index is 12.1. The fourth-order valence-electron chi connectivity index (χ4n) is 3.00. The summed E-state index contributed by atoms with van der Waals surface area (Å²) in [6, 6.07) is 0.0453. The van der Waals surface area contributed by atoms with Crippen LogP contribution in [0.3, 0.4) is 0 Å². The highest BCUT2D eigenvalue weighted by atomic mass is 16.2. The van der Waals surface area contributed by atoms with Crippen LogP contribution in [0, 0.1) is 5.92 Å². The molecule has 0 aromatic rings. The SMILES string of the molecule is CC1CCN(CCNC(=O)C2CCCCCN2)CC1. The second kappa shape index (κ2) is 7.85. The summed E-state index contributed by atoms with van der Waals surface area (Å²) < 4.78 is 0. The second-order valence-electron chi connectivity index (χ2n) is 6.17. The van der Waals surface area contributed by atoms with Crippen molar-refractivity contribution in [2.45, 2.75) is 51.5 Å². The van der Waals surface area contributed by atoms with Gasteiger partial charge in [0.05, 0.1) is 6.04 Å². The van der Waals surface area contributed by atoms with Gasteiger partial charge in [0.1, 0.15) is 0 Å². The number of carbonyl (C=O) groups is 1. The molecule has 2 fully saturated rings. The minimum atomic E-state index is 0.0453. The van der Waals surface area contributed by atoms with E-state index in [4.69, 9.17) is 0 Å². The van der Waals surface area contributed by atoms with Gasteiger partial charge in [-0.25, -0.2) is 0 Å². The molecule has 4 nitrogen and oxygen atoms in total. The number of nitrogens with zero attached hydrogens (tertiary/aromatic N) is 1. The molecule has 4 heteroatoms. The molecule has 0 saturated carbocycles. The third-order valence-corrected chi connectivity index (χ3v) is 4.48. The Bertz CT molecular complexity index is 267. The van der Waals surface area contributed by atoms with E-state index in [1.807, 2.05) is 0 Å². The van der Waals surface area contributed by atoms with Crippen molar-refractivity contribution in [2.24, 2.45) is 5.92 Å². The Balaban J connectivity index is 1.60. The van der Waals surface area contributed by atoms with E-state index in [9.17, 15) is 4.79 Å². The number of piperidine rings is 1. The summed E-state index contributed by atoms with van der Waals surface area (Å²) >= 11 is 0. The van der Waals surface area contributed by atoms with Crippen LogP contribution in [0.5, 0.6) is 0 Å². The van der Waals surface area contributed by atoms with Crippen LogP contribution in [0.25, 0.3) is 0 Å². The molecule has 1 atom stereocenters. The summed E-state index contributed by atoms with van der Waals surface area (Å²) in [4.78, 5) is 14.5. The van der Waals surface area contributed by atoms with E-state index >= 15 is 0 Å². The minimum absolute atomic E-state index is 0.0453. The molecule has 0 radical (unpaired) electrons. The predicted molar refractivity (Wildman–Crippen MR) is 78.1 cm³/mol. The van der Waals surface area contributed by atoms with Crippen molar-refractivity contribution in [3.8, 4) is 0 Å². The maximum Gasteiger partial charge on any atom is 0.237 e. The number of amides is 1. The highest BCUT2D eigenvalue weighted by molar-refractivity contribution is 5.81. The lowest BCUT2D eigenvalue weighted by molar-refractivity contribution is -0.123. The molecule has 2 saturated heterocycles. The summed E-state index contributed by atoms with van der Waals surface area (Å²) in [6.07, 6.45) is 7.23. The Morgan fingerprint density at radius 1 is 1.21 bits per heavy atom. The van der Waals surface area contributed by atoms with E-state index < -0.39 is 0 Å². The summed E-state index contributed by atoms with van der Waals surface area (Å²) in [5.74, 6) is 1.08. The van der Waals surface area contributed by atoms with E-state index in [-0.39, 0.29) is 11.9 Å². The lowest BCUT2D eigenvalue weighted by Crippen LogP contribution is -2.46. The predicted octanol–water partition coefficient (Wildman–Crippen LogP) is 1.37. The summed E-state index contributed by atoms with van der Waals surface area (Å²) in [5.41, 5.74) is 0. The van der Waals surface area contributed by atoms with Crippen LogP contribution >= 0.6 is 0 Å². The lowest BCUT2D eigenvalue weighted by Gasteiger charge is -2.30. The zero-order valence-electron chi connectivity index (χ0n) is 12.3. The van der Waals surface area contributed by atoms with Gasteiger partial charge in [-0.2, -0.15) is 0 Å². The minimum Gasteiger partial charge on any atom is -0.353 e. The van der Waals surface area contributed by atoms with Gasteiger partial charge in [-0.1, -0.05) is 19.8 Å². The van der Waals surface area contributed by atoms with Gasteiger partial charge in [-0.15, -0.1) is 0 Å². The fourth-order valence-corrected chi connectivity index (χ4v) is 3.00. The van der Waals surface area contributed by atoms with Gasteiger partial charge in [0.25, 0.3) is 0 Å². The molecule has 0 spiro atoms. The normalized spacial score (nSPS) is 26.9. The zero-order valence-corrected chi connectivity index (χ0v) is 12.3. The quantitative estimate of drug-likeness (QED) is 0.808. The first-order chi connectivity index (χ1) is 9.25. The molecular formula is C15H29N3O. The monoisotopic (exact) mass is 267 g/mol. The topological polar surface area (TPSA) is 44.4 Å². The van der Waals surface area contributed by atoms with Crippen molar-refractivity contribution in [3.05, 3.63) is 0 Å². The average molecular weight is 267 g/mol. The van der Waals surface area contributed by atoms with Gasteiger partial charge in [-0.3, -0.25) is 4.79 Å². The Hall–Kier alpha value is -0.610. The van der Waals surface area contributed by atoms with E-state index in [1.165, 1.54) is 45.2 Å². The van der Waals surface area contributed by atoms with Gasteiger partial charge in [0, 0.05) is 13.1 Å². The van der Waals surface area contributed by atoms with Crippen molar-refractivity contribution in [1.29, 1.82) is 0 Å². The van der Waals surface area contributed by atoms with Crippen molar-refractivity contribution in [2.75, 3.05) is 32.7 Å². The molecule has 0 aromatic carbocycles. The molecule has 1 unspecified atom stereocenters. The van der Waals surface area contributed by atoms with Crippen molar-refractivity contribution >= 4 is 5.91 Å². The smallest absolute Gasteiger partial charge is 0.237 e. The average Bonchev–Trinajstić information content (AvgIpc) is 2.70. The van der Waals surface area contributed by atoms with Crippen molar-refractivity contribution < 1.29 is 4.79 Å². The Morgan fingerprint density at radius 2 is 2.00 bits per heavy atom.